The number of hydrogen-bond donors (Lipinski definition) is 0. The van der Waals surface area contributed by atoms with Gasteiger partial charge in [0.15, 0.2) is 0 Å². The maximum absolute atomic E-state index is 6.28. The lowest BCUT2D eigenvalue weighted by atomic mass is 9.93. The van der Waals surface area contributed by atoms with Gasteiger partial charge in [-0.2, -0.15) is 0 Å². The summed E-state index contributed by atoms with van der Waals surface area (Å²) in [6.45, 7) is 0. The lowest BCUT2D eigenvalue weighted by molar-refractivity contribution is 0.669. The van der Waals surface area contributed by atoms with E-state index < -0.39 is 0 Å². The van der Waals surface area contributed by atoms with Crippen LogP contribution < -0.4 is 4.90 Å². The summed E-state index contributed by atoms with van der Waals surface area (Å²) < 4.78 is 6.28. The van der Waals surface area contributed by atoms with E-state index in [1.807, 2.05) is 12.1 Å². The lowest BCUT2D eigenvalue weighted by Gasteiger charge is -2.29. The number of furan rings is 1. The third-order valence-electron chi connectivity index (χ3n) is 7.08. The molecular formula is C36H25NO. The van der Waals surface area contributed by atoms with E-state index in [9.17, 15) is 0 Å². The van der Waals surface area contributed by atoms with Crippen LogP contribution in [0.3, 0.4) is 0 Å². The summed E-state index contributed by atoms with van der Waals surface area (Å²) >= 11 is 0. The first-order chi connectivity index (χ1) is 18.9. The van der Waals surface area contributed by atoms with Gasteiger partial charge in [-0.25, -0.2) is 0 Å². The summed E-state index contributed by atoms with van der Waals surface area (Å²) in [5, 5.41) is 2.22. The normalized spacial score (nSPS) is 11.2. The molecule has 7 rings (SSSR count). The van der Waals surface area contributed by atoms with Gasteiger partial charge in [-0.05, 0) is 53.1 Å². The Labute approximate surface area is 222 Å². The topological polar surface area (TPSA) is 16.4 Å². The summed E-state index contributed by atoms with van der Waals surface area (Å²) in [5.41, 5.74) is 9.84. The predicted molar refractivity (Wildman–Crippen MR) is 159 cm³/mol. The highest BCUT2D eigenvalue weighted by molar-refractivity contribution is 6.14. The number of anilines is 3. The predicted octanol–water partition coefficient (Wildman–Crippen LogP) is 10.4. The molecule has 0 amide bonds. The second-order valence-electron chi connectivity index (χ2n) is 9.35. The molecule has 0 spiro atoms. The third kappa shape index (κ3) is 3.75. The SMILES string of the molecule is c1ccc(-c2ccccc2-c2ccccc2N(c2ccccc2)c2cccc3oc4ccccc4c23)cc1. The molecule has 7 aromatic rings. The molecule has 0 radical (unpaired) electrons. The summed E-state index contributed by atoms with van der Waals surface area (Å²) in [7, 11) is 0. The molecule has 0 fully saturated rings. The maximum Gasteiger partial charge on any atom is 0.137 e. The summed E-state index contributed by atoms with van der Waals surface area (Å²) in [6, 6.07) is 53.1. The van der Waals surface area contributed by atoms with Gasteiger partial charge >= 0.3 is 0 Å². The molecule has 0 bridgehead atoms. The van der Waals surface area contributed by atoms with E-state index in [4.69, 9.17) is 4.42 Å². The van der Waals surface area contributed by atoms with Crippen molar-refractivity contribution in [1.29, 1.82) is 0 Å². The molecule has 38 heavy (non-hydrogen) atoms. The van der Waals surface area contributed by atoms with Gasteiger partial charge in [-0.15, -0.1) is 0 Å². The van der Waals surface area contributed by atoms with E-state index >= 15 is 0 Å². The Morgan fingerprint density at radius 3 is 1.79 bits per heavy atom. The second kappa shape index (κ2) is 9.42. The summed E-state index contributed by atoms with van der Waals surface area (Å²) in [5.74, 6) is 0. The van der Waals surface area contributed by atoms with Crippen molar-refractivity contribution in [2.24, 2.45) is 0 Å². The molecule has 2 heteroatoms. The highest BCUT2D eigenvalue weighted by atomic mass is 16.3. The van der Waals surface area contributed by atoms with Crippen molar-refractivity contribution in [2.75, 3.05) is 4.90 Å². The van der Waals surface area contributed by atoms with Crippen LogP contribution in [0.5, 0.6) is 0 Å². The summed E-state index contributed by atoms with van der Waals surface area (Å²) in [4.78, 5) is 2.36. The van der Waals surface area contributed by atoms with Gasteiger partial charge in [-0.1, -0.05) is 115 Å². The maximum atomic E-state index is 6.28. The fraction of sp³-hybridized carbons (Fsp3) is 0. The van der Waals surface area contributed by atoms with Crippen LogP contribution in [0.1, 0.15) is 0 Å². The third-order valence-corrected chi connectivity index (χ3v) is 7.08. The van der Waals surface area contributed by atoms with Gasteiger partial charge in [0, 0.05) is 16.6 Å². The van der Waals surface area contributed by atoms with Crippen molar-refractivity contribution in [1.82, 2.24) is 0 Å². The number of rotatable bonds is 5. The molecule has 0 N–H and O–H groups in total. The van der Waals surface area contributed by atoms with E-state index in [0.29, 0.717) is 0 Å². The van der Waals surface area contributed by atoms with E-state index in [1.54, 1.807) is 0 Å². The van der Waals surface area contributed by atoms with Crippen LogP contribution in [0, 0.1) is 0 Å². The minimum absolute atomic E-state index is 0.881. The Morgan fingerprint density at radius 2 is 0.974 bits per heavy atom. The van der Waals surface area contributed by atoms with Crippen LogP contribution in [0.2, 0.25) is 0 Å². The fourth-order valence-corrected chi connectivity index (χ4v) is 5.41. The van der Waals surface area contributed by atoms with Crippen molar-refractivity contribution in [2.45, 2.75) is 0 Å². The quantitative estimate of drug-likeness (QED) is 0.240. The molecule has 0 atom stereocenters. The van der Waals surface area contributed by atoms with Gasteiger partial charge < -0.3 is 9.32 Å². The molecule has 0 saturated carbocycles. The number of nitrogens with zero attached hydrogens (tertiary/aromatic N) is 1. The van der Waals surface area contributed by atoms with Crippen LogP contribution in [0.25, 0.3) is 44.2 Å². The van der Waals surface area contributed by atoms with Crippen molar-refractivity contribution >= 4 is 39.0 Å². The molecular weight excluding hydrogens is 462 g/mol. The average molecular weight is 488 g/mol. The number of para-hydroxylation sites is 3. The standard InChI is InChI=1S/C36H25NO/c1-3-14-26(15-4-1)28-18-7-8-19-29(28)30-20-9-11-22-32(30)37(27-16-5-2-6-17-27)33-23-13-25-35-36(33)31-21-10-12-24-34(31)38-35/h1-25H. The Hall–Kier alpha value is -5.08. The average Bonchev–Trinajstić information content (AvgIpc) is 3.38. The largest absolute Gasteiger partial charge is 0.456 e. The number of benzene rings is 6. The first kappa shape index (κ1) is 22.1. The van der Waals surface area contributed by atoms with Crippen LogP contribution in [0.15, 0.2) is 156 Å². The first-order valence-corrected chi connectivity index (χ1v) is 12.9. The fourth-order valence-electron chi connectivity index (χ4n) is 5.41. The van der Waals surface area contributed by atoms with Gasteiger partial charge in [0.25, 0.3) is 0 Å². The Morgan fingerprint density at radius 1 is 0.395 bits per heavy atom. The van der Waals surface area contributed by atoms with E-state index in [-0.39, 0.29) is 0 Å². The molecule has 180 valence electrons. The van der Waals surface area contributed by atoms with Crippen LogP contribution >= 0.6 is 0 Å². The molecule has 0 unspecified atom stereocenters. The minimum Gasteiger partial charge on any atom is -0.456 e. The van der Waals surface area contributed by atoms with E-state index in [0.717, 1.165) is 39.0 Å². The van der Waals surface area contributed by atoms with Gasteiger partial charge in [0.1, 0.15) is 11.2 Å². The highest BCUT2D eigenvalue weighted by Crippen LogP contribution is 2.46. The van der Waals surface area contributed by atoms with Gasteiger partial charge in [-0.3, -0.25) is 0 Å². The van der Waals surface area contributed by atoms with Crippen molar-refractivity contribution < 1.29 is 4.42 Å². The van der Waals surface area contributed by atoms with Gasteiger partial charge in [0.2, 0.25) is 0 Å². The summed E-state index contributed by atoms with van der Waals surface area (Å²) in [6.07, 6.45) is 0. The zero-order valence-corrected chi connectivity index (χ0v) is 20.8. The van der Waals surface area contributed by atoms with Crippen molar-refractivity contribution in [3.8, 4) is 22.3 Å². The lowest BCUT2D eigenvalue weighted by Crippen LogP contribution is -2.11. The smallest absolute Gasteiger partial charge is 0.137 e. The molecule has 0 aliphatic rings. The van der Waals surface area contributed by atoms with Crippen molar-refractivity contribution in [3.63, 3.8) is 0 Å². The number of fused-ring (bicyclic) bond motifs is 3. The van der Waals surface area contributed by atoms with Crippen LogP contribution in [0.4, 0.5) is 17.1 Å². The zero-order chi connectivity index (χ0) is 25.3. The van der Waals surface area contributed by atoms with Crippen molar-refractivity contribution in [3.05, 3.63) is 152 Å². The van der Waals surface area contributed by atoms with Gasteiger partial charge in [0.05, 0.1) is 16.8 Å². The molecule has 0 aliphatic carbocycles. The molecule has 1 heterocycles. The Balaban J connectivity index is 1.53. The molecule has 6 aromatic carbocycles. The van der Waals surface area contributed by atoms with E-state index in [1.165, 1.54) is 22.3 Å². The highest BCUT2D eigenvalue weighted by Gasteiger charge is 2.22. The second-order valence-corrected chi connectivity index (χ2v) is 9.35. The van der Waals surface area contributed by atoms with E-state index in [2.05, 4.69) is 144 Å². The first-order valence-electron chi connectivity index (χ1n) is 12.9. The molecule has 2 nitrogen and oxygen atoms in total. The Kier molecular flexibility index (Phi) is 5.49. The monoisotopic (exact) mass is 487 g/mol. The minimum atomic E-state index is 0.881. The van der Waals surface area contributed by atoms with Crippen LogP contribution in [-0.2, 0) is 0 Å². The zero-order valence-electron chi connectivity index (χ0n) is 20.8. The van der Waals surface area contributed by atoms with Crippen LogP contribution in [-0.4, -0.2) is 0 Å². The molecule has 0 aliphatic heterocycles. The Bertz CT molecular complexity index is 1870. The molecule has 0 saturated heterocycles. The molecule has 1 aromatic heterocycles. The number of hydrogen-bond acceptors (Lipinski definition) is 2.